The van der Waals surface area contributed by atoms with Gasteiger partial charge in [-0.05, 0) is 25.0 Å². The van der Waals surface area contributed by atoms with Crippen LogP contribution in [0.1, 0.15) is 19.3 Å². The van der Waals surface area contributed by atoms with E-state index in [4.69, 9.17) is 0 Å². The van der Waals surface area contributed by atoms with Crippen LogP contribution in [0.5, 0.6) is 0 Å². The molecule has 1 aromatic carbocycles. The number of aromatic nitrogens is 1. The van der Waals surface area contributed by atoms with E-state index in [0.717, 1.165) is 29.4 Å². The van der Waals surface area contributed by atoms with E-state index in [1.807, 2.05) is 30.5 Å². The molecule has 0 saturated heterocycles. The average molecular weight is 242 g/mol. The van der Waals surface area contributed by atoms with Crippen molar-refractivity contribution >= 4 is 16.6 Å². The largest absolute Gasteiger partial charge is 0.396 e. The van der Waals surface area contributed by atoms with Gasteiger partial charge in [0.2, 0.25) is 0 Å². The third-order valence-corrected chi connectivity index (χ3v) is 3.88. The van der Waals surface area contributed by atoms with Crippen LogP contribution in [-0.2, 0) is 0 Å². The molecule has 2 atom stereocenters. The highest BCUT2D eigenvalue weighted by Crippen LogP contribution is 2.30. The van der Waals surface area contributed by atoms with Crippen molar-refractivity contribution in [3.63, 3.8) is 0 Å². The molecular weight excluding hydrogens is 224 g/mol. The molecule has 3 heteroatoms. The first-order valence-corrected chi connectivity index (χ1v) is 6.59. The summed E-state index contributed by atoms with van der Waals surface area (Å²) in [6, 6.07) is 10.6. The van der Waals surface area contributed by atoms with Gasteiger partial charge in [-0.15, -0.1) is 0 Å². The summed E-state index contributed by atoms with van der Waals surface area (Å²) in [4.78, 5) is 4.37. The number of hydrogen-bond donors (Lipinski definition) is 2. The first-order chi connectivity index (χ1) is 8.88. The van der Waals surface area contributed by atoms with E-state index in [9.17, 15) is 5.11 Å². The van der Waals surface area contributed by atoms with Crippen LogP contribution < -0.4 is 5.32 Å². The van der Waals surface area contributed by atoms with E-state index in [1.54, 1.807) is 0 Å². The minimum absolute atomic E-state index is 0.278. The maximum Gasteiger partial charge on any atom is 0.0722 e. The lowest BCUT2D eigenvalue weighted by atomic mass is 10.0. The Morgan fingerprint density at radius 1 is 1.22 bits per heavy atom. The van der Waals surface area contributed by atoms with Crippen LogP contribution >= 0.6 is 0 Å². The molecular formula is C15H18N2O. The first kappa shape index (κ1) is 11.5. The Morgan fingerprint density at radius 3 is 3.00 bits per heavy atom. The maximum absolute atomic E-state index is 9.38. The SMILES string of the molecule is OCC1CCCC1Nc1ccnc2ccccc12. The molecule has 1 saturated carbocycles. The van der Waals surface area contributed by atoms with Crippen molar-refractivity contribution in [2.75, 3.05) is 11.9 Å². The molecule has 1 heterocycles. The molecule has 1 fully saturated rings. The van der Waals surface area contributed by atoms with Crippen molar-refractivity contribution in [1.29, 1.82) is 0 Å². The smallest absolute Gasteiger partial charge is 0.0722 e. The Hall–Kier alpha value is -1.61. The van der Waals surface area contributed by atoms with E-state index in [0.29, 0.717) is 12.0 Å². The molecule has 1 aromatic heterocycles. The standard InChI is InChI=1S/C15H18N2O/c18-10-11-4-3-7-13(11)17-15-8-9-16-14-6-2-1-5-12(14)15/h1-2,5-6,8-9,11,13,18H,3-4,7,10H2,(H,16,17). The third kappa shape index (κ3) is 2.06. The maximum atomic E-state index is 9.38. The number of benzene rings is 1. The van der Waals surface area contributed by atoms with Crippen LogP contribution in [0.3, 0.4) is 0 Å². The first-order valence-electron chi connectivity index (χ1n) is 6.59. The summed E-state index contributed by atoms with van der Waals surface area (Å²) in [5.74, 6) is 0.386. The van der Waals surface area contributed by atoms with Crippen molar-refractivity contribution in [3.8, 4) is 0 Å². The molecule has 18 heavy (non-hydrogen) atoms. The van der Waals surface area contributed by atoms with Crippen LogP contribution in [0.4, 0.5) is 5.69 Å². The Bertz CT molecular complexity index is 536. The summed E-state index contributed by atoms with van der Waals surface area (Å²) in [5, 5.41) is 14.1. The highest BCUT2D eigenvalue weighted by molar-refractivity contribution is 5.90. The van der Waals surface area contributed by atoms with Crippen LogP contribution in [0.25, 0.3) is 10.9 Å². The predicted molar refractivity (Wildman–Crippen MR) is 73.6 cm³/mol. The fourth-order valence-corrected chi connectivity index (χ4v) is 2.87. The summed E-state index contributed by atoms with van der Waals surface area (Å²) in [6.07, 6.45) is 5.30. The van der Waals surface area contributed by atoms with E-state index < -0.39 is 0 Å². The van der Waals surface area contributed by atoms with Crippen molar-refractivity contribution in [3.05, 3.63) is 36.5 Å². The fourth-order valence-electron chi connectivity index (χ4n) is 2.87. The quantitative estimate of drug-likeness (QED) is 0.870. The Kier molecular flexibility index (Phi) is 3.15. The molecule has 0 amide bonds. The van der Waals surface area contributed by atoms with Gasteiger partial charge in [-0.25, -0.2) is 0 Å². The van der Waals surface area contributed by atoms with Gasteiger partial charge >= 0.3 is 0 Å². The summed E-state index contributed by atoms with van der Waals surface area (Å²) >= 11 is 0. The van der Waals surface area contributed by atoms with Crippen LogP contribution in [-0.4, -0.2) is 22.7 Å². The molecule has 0 aliphatic heterocycles. The number of para-hydroxylation sites is 1. The van der Waals surface area contributed by atoms with Crippen LogP contribution in [0.2, 0.25) is 0 Å². The molecule has 0 bridgehead atoms. The molecule has 0 radical (unpaired) electrons. The van der Waals surface area contributed by atoms with Crippen molar-refractivity contribution in [1.82, 2.24) is 4.98 Å². The third-order valence-electron chi connectivity index (χ3n) is 3.88. The second-order valence-corrected chi connectivity index (χ2v) is 5.00. The minimum Gasteiger partial charge on any atom is -0.396 e. The Morgan fingerprint density at radius 2 is 2.11 bits per heavy atom. The lowest BCUT2D eigenvalue weighted by molar-refractivity contribution is 0.222. The number of aliphatic hydroxyl groups is 1. The molecule has 3 nitrogen and oxygen atoms in total. The fraction of sp³-hybridized carbons (Fsp3) is 0.400. The number of rotatable bonds is 3. The van der Waals surface area contributed by atoms with Gasteiger partial charge in [-0.1, -0.05) is 24.6 Å². The number of fused-ring (bicyclic) bond motifs is 1. The monoisotopic (exact) mass is 242 g/mol. The number of nitrogens with one attached hydrogen (secondary N) is 1. The normalized spacial score (nSPS) is 23.4. The zero-order valence-electron chi connectivity index (χ0n) is 10.3. The van der Waals surface area contributed by atoms with E-state index in [-0.39, 0.29) is 6.61 Å². The number of nitrogens with zero attached hydrogens (tertiary/aromatic N) is 1. The van der Waals surface area contributed by atoms with Gasteiger partial charge in [0.1, 0.15) is 0 Å². The second-order valence-electron chi connectivity index (χ2n) is 5.00. The molecule has 2 N–H and O–H groups in total. The van der Waals surface area contributed by atoms with Crippen LogP contribution in [0.15, 0.2) is 36.5 Å². The topological polar surface area (TPSA) is 45.1 Å². The van der Waals surface area contributed by atoms with Gasteiger partial charge in [0.25, 0.3) is 0 Å². The lowest BCUT2D eigenvalue weighted by Crippen LogP contribution is -2.26. The van der Waals surface area contributed by atoms with Gasteiger partial charge in [-0.2, -0.15) is 0 Å². The zero-order chi connectivity index (χ0) is 12.4. The highest BCUT2D eigenvalue weighted by Gasteiger charge is 2.26. The van der Waals surface area contributed by atoms with E-state index >= 15 is 0 Å². The van der Waals surface area contributed by atoms with Gasteiger partial charge < -0.3 is 10.4 Å². The summed E-state index contributed by atoms with van der Waals surface area (Å²) < 4.78 is 0. The molecule has 1 aliphatic carbocycles. The molecule has 2 aromatic rings. The average Bonchev–Trinajstić information content (AvgIpc) is 2.86. The molecule has 0 spiro atoms. The van der Waals surface area contributed by atoms with Crippen molar-refractivity contribution < 1.29 is 5.11 Å². The molecule has 2 unspecified atom stereocenters. The van der Waals surface area contributed by atoms with Crippen LogP contribution in [0, 0.1) is 5.92 Å². The van der Waals surface area contributed by atoms with Crippen molar-refractivity contribution in [2.24, 2.45) is 5.92 Å². The highest BCUT2D eigenvalue weighted by atomic mass is 16.3. The van der Waals surface area contributed by atoms with Crippen molar-refractivity contribution in [2.45, 2.75) is 25.3 Å². The van der Waals surface area contributed by atoms with E-state index in [2.05, 4.69) is 16.4 Å². The van der Waals surface area contributed by atoms with Gasteiger partial charge in [-0.3, -0.25) is 4.98 Å². The molecule has 3 rings (SSSR count). The van der Waals surface area contributed by atoms with Gasteiger partial charge in [0.05, 0.1) is 5.52 Å². The second kappa shape index (κ2) is 4.94. The number of aliphatic hydroxyl groups excluding tert-OH is 1. The number of hydrogen-bond acceptors (Lipinski definition) is 3. The summed E-state index contributed by atoms with van der Waals surface area (Å²) in [5.41, 5.74) is 2.15. The number of anilines is 1. The Balaban J connectivity index is 1.90. The molecule has 1 aliphatic rings. The summed E-state index contributed by atoms with van der Waals surface area (Å²) in [7, 11) is 0. The predicted octanol–water partition coefficient (Wildman–Crippen LogP) is 2.81. The number of pyridine rings is 1. The van der Waals surface area contributed by atoms with E-state index in [1.165, 1.54) is 6.42 Å². The van der Waals surface area contributed by atoms with Gasteiger partial charge in [0, 0.05) is 35.8 Å². The van der Waals surface area contributed by atoms with Gasteiger partial charge in [0.15, 0.2) is 0 Å². The summed E-state index contributed by atoms with van der Waals surface area (Å²) in [6.45, 7) is 0.278. The lowest BCUT2D eigenvalue weighted by Gasteiger charge is -2.21. The zero-order valence-corrected chi connectivity index (χ0v) is 10.3. The minimum atomic E-state index is 0.278. The Labute approximate surface area is 107 Å². The molecule has 94 valence electrons.